The van der Waals surface area contributed by atoms with E-state index in [1.165, 1.54) is 28.6 Å². The number of hydrogen-bond donors (Lipinski definition) is 1. The van der Waals surface area contributed by atoms with Gasteiger partial charge < -0.3 is 10.3 Å². The van der Waals surface area contributed by atoms with E-state index in [4.69, 9.17) is 5.73 Å². The molecule has 0 saturated heterocycles. The Morgan fingerprint density at radius 1 is 1.10 bits per heavy atom. The number of rotatable bonds is 3. The summed E-state index contributed by atoms with van der Waals surface area (Å²) in [6, 6.07) is 13.0. The van der Waals surface area contributed by atoms with Crippen LogP contribution in [-0.4, -0.2) is 4.57 Å². The number of aromatic nitrogens is 1. The second kappa shape index (κ2) is 5.00. The van der Waals surface area contributed by atoms with Gasteiger partial charge in [0.25, 0.3) is 0 Å². The summed E-state index contributed by atoms with van der Waals surface area (Å²) in [7, 11) is 0. The molecule has 1 aromatic heterocycles. The van der Waals surface area contributed by atoms with Gasteiger partial charge in [-0.3, -0.25) is 0 Å². The number of para-hydroxylation sites is 1. The van der Waals surface area contributed by atoms with Gasteiger partial charge in [0.05, 0.1) is 5.52 Å². The number of aryl methyl sites for hydroxylation is 1. The van der Waals surface area contributed by atoms with E-state index in [1.54, 1.807) is 6.07 Å². The average molecular weight is 268 g/mol. The van der Waals surface area contributed by atoms with Crippen LogP contribution in [-0.2, 0) is 13.0 Å². The Morgan fingerprint density at radius 3 is 2.70 bits per heavy atom. The zero-order chi connectivity index (χ0) is 14.1. The molecule has 0 spiro atoms. The zero-order valence-electron chi connectivity index (χ0n) is 11.4. The van der Waals surface area contributed by atoms with E-state index in [1.807, 2.05) is 0 Å². The van der Waals surface area contributed by atoms with E-state index in [9.17, 15) is 4.39 Å². The van der Waals surface area contributed by atoms with Gasteiger partial charge in [0.15, 0.2) is 0 Å². The Balaban J connectivity index is 2.06. The highest BCUT2D eigenvalue weighted by molar-refractivity contribution is 5.83. The number of benzene rings is 2. The number of fused-ring (bicyclic) bond motifs is 1. The predicted molar refractivity (Wildman–Crippen MR) is 81.2 cm³/mol. The Morgan fingerprint density at radius 2 is 1.95 bits per heavy atom. The number of nitrogens with zero attached hydrogens (tertiary/aromatic N) is 1. The first-order chi connectivity index (χ1) is 9.69. The maximum Gasteiger partial charge on any atom is 0.125 e. The van der Waals surface area contributed by atoms with E-state index in [2.05, 4.69) is 42.0 Å². The van der Waals surface area contributed by atoms with E-state index >= 15 is 0 Å². The molecule has 0 aliphatic heterocycles. The molecule has 0 atom stereocenters. The molecule has 2 nitrogen and oxygen atoms in total. The highest BCUT2D eigenvalue weighted by Gasteiger charge is 2.08. The van der Waals surface area contributed by atoms with Crippen LogP contribution in [0.3, 0.4) is 0 Å². The molecule has 0 bridgehead atoms. The fourth-order valence-corrected chi connectivity index (χ4v) is 2.65. The minimum atomic E-state index is -0.294. The zero-order valence-corrected chi connectivity index (χ0v) is 11.4. The van der Waals surface area contributed by atoms with Crippen LogP contribution in [0.15, 0.2) is 48.7 Å². The van der Waals surface area contributed by atoms with E-state index in [0.29, 0.717) is 12.2 Å². The van der Waals surface area contributed by atoms with Crippen molar-refractivity contribution in [3.05, 3.63) is 65.6 Å². The summed E-state index contributed by atoms with van der Waals surface area (Å²) in [5.41, 5.74) is 9.89. The quantitative estimate of drug-likeness (QED) is 0.716. The molecule has 2 aromatic carbocycles. The lowest BCUT2D eigenvalue weighted by molar-refractivity contribution is 0.627. The lowest BCUT2D eigenvalue weighted by Crippen LogP contribution is -2.03. The number of anilines is 1. The van der Waals surface area contributed by atoms with Crippen LogP contribution in [0.2, 0.25) is 0 Å². The summed E-state index contributed by atoms with van der Waals surface area (Å²) in [4.78, 5) is 0. The van der Waals surface area contributed by atoms with Crippen LogP contribution >= 0.6 is 0 Å². The molecule has 3 rings (SSSR count). The van der Waals surface area contributed by atoms with Crippen molar-refractivity contribution in [3.8, 4) is 0 Å². The van der Waals surface area contributed by atoms with Crippen molar-refractivity contribution in [1.82, 2.24) is 4.57 Å². The highest BCUT2D eigenvalue weighted by atomic mass is 19.1. The van der Waals surface area contributed by atoms with Crippen LogP contribution in [0.5, 0.6) is 0 Å². The van der Waals surface area contributed by atoms with Crippen molar-refractivity contribution in [2.45, 2.75) is 19.9 Å². The standard InChI is InChI=1S/C17H17FN2/c1-2-12-4-3-5-13-8-9-20(17(12)13)11-14-6-7-15(18)10-16(14)19/h3-10H,2,11,19H2,1H3. The molecule has 0 aliphatic carbocycles. The van der Waals surface area contributed by atoms with Crippen LogP contribution in [0.25, 0.3) is 10.9 Å². The molecular weight excluding hydrogens is 251 g/mol. The fourth-order valence-electron chi connectivity index (χ4n) is 2.65. The first-order valence-electron chi connectivity index (χ1n) is 6.79. The van der Waals surface area contributed by atoms with E-state index in [0.717, 1.165) is 12.0 Å². The van der Waals surface area contributed by atoms with E-state index in [-0.39, 0.29) is 5.82 Å². The molecule has 1 heterocycles. The average Bonchev–Trinajstić information content (AvgIpc) is 2.85. The molecule has 3 aromatic rings. The van der Waals surface area contributed by atoms with Crippen molar-refractivity contribution < 1.29 is 4.39 Å². The lowest BCUT2D eigenvalue weighted by atomic mass is 10.1. The maximum atomic E-state index is 13.1. The van der Waals surface area contributed by atoms with Gasteiger partial charge in [0.1, 0.15) is 5.82 Å². The molecule has 0 radical (unpaired) electrons. The smallest absolute Gasteiger partial charge is 0.125 e. The van der Waals surface area contributed by atoms with Crippen LogP contribution < -0.4 is 5.73 Å². The topological polar surface area (TPSA) is 30.9 Å². The number of nitrogen functional groups attached to an aromatic ring is 1. The summed E-state index contributed by atoms with van der Waals surface area (Å²) in [5.74, 6) is -0.294. The predicted octanol–water partition coefficient (Wildman–Crippen LogP) is 3.97. The van der Waals surface area contributed by atoms with E-state index < -0.39 is 0 Å². The molecule has 0 unspecified atom stereocenters. The van der Waals surface area contributed by atoms with Gasteiger partial charge in [-0.2, -0.15) is 0 Å². The normalized spacial score (nSPS) is 11.1. The summed E-state index contributed by atoms with van der Waals surface area (Å²) in [5, 5.41) is 1.23. The first kappa shape index (κ1) is 12.7. The van der Waals surface area contributed by atoms with Crippen LogP contribution in [0.1, 0.15) is 18.1 Å². The number of halogens is 1. The van der Waals surface area contributed by atoms with Gasteiger partial charge in [0.2, 0.25) is 0 Å². The molecule has 102 valence electrons. The third kappa shape index (κ3) is 2.16. The fraction of sp³-hybridized carbons (Fsp3) is 0.176. The monoisotopic (exact) mass is 268 g/mol. The van der Waals surface area contributed by atoms with Crippen LogP contribution in [0, 0.1) is 5.82 Å². The van der Waals surface area contributed by atoms with Gasteiger partial charge in [-0.05, 0) is 41.1 Å². The van der Waals surface area contributed by atoms with Crippen molar-refractivity contribution in [2.75, 3.05) is 5.73 Å². The summed E-state index contributed by atoms with van der Waals surface area (Å²) < 4.78 is 15.3. The third-order valence-corrected chi connectivity index (χ3v) is 3.70. The van der Waals surface area contributed by atoms with Crippen LogP contribution in [0.4, 0.5) is 10.1 Å². The molecule has 0 amide bonds. The lowest BCUT2D eigenvalue weighted by Gasteiger charge is -2.11. The molecule has 3 heteroatoms. The molecular formula is C17H17FN2. The molecule has 0 aliphatic rings. The number of hydrogen-bond acceptors (Lipinski definition) is 1. The minimum absolute atomic E-state index is 0.294. The summed E-state index contributed by atoms with van der Waals surface area (Å²) in [6.07, 6.45) is 3.05. The summed E-state index contributed by atoms with van der Waals surface area (Å²) >= 11 is 0. The molecule has 0 fully saturated rings. The number of nitrogens with two attached hydrogens (primary N) is 1. The second-order valence-electron chi connectivity index (χ2n) is 5.00. The van der Waals surface area contributed by atoms with Gasteiger partial charge in [-0.25, -0.2) is 4.39 Å². The Kier molecular flexibility index (Phi) is 3.18. The first-order valence-corrected chi connectivity index (χ1v) is 6.79. The highest BCUT2D eigenvalue weighted by Crippen LogP contribution is 2.23. The second-order valence-corrected chi connectivity index (χ2v) is 5.00. The van der Waals surface area contributed by atoms with Gasteiger partial charge in [-0.15, -0.1) is 0 Å². The summed E-state index contributed by atoms with van der Waals surface area (Å²) in [6.45, 7) is 2.81. The molecule has 20 heavy (non-hydrogen) atoms. The van der Waals surface area contributed by atoms with Gasteiger partial charge in [0, 0.05) is 18.4 Å². The maximum absolute atomic E-state index is 13.1. The van der Waals surface area contributed by atoms with Gasteiger partial charge >= 0.3 is 0 Å². The minimum Gasteiger partial charge on any atom is -0.398 e. The molecule has 0 saturated carbocycles. The largest absolute Gasteiger partial charge is 0.398 e. The Hall–Kier alpha value is -2.29. The SMILES string of the molecule is CCc1cccc2ccn(Cc3ccc(F)cc3N)c12. The Labute approximate surface area is 117 Å². The Bertz CT molecular complexity index is 759. The molecule has 2 N–H and O–H groups in total. The van der Waals surface area contributed by atoms with Gasteiger partial charge in [-0.1, -0.05) is 31.2 Å². The van der Waals surface area contributed by atoms with Crippen molar-refractivity contribution in [1.29, 1.82) is 0 Å². The van der Waals surface area contributed by atoms with Crippen molar-refractivity contribution >= 4 is 16.6 Å². The third-order valence-electron chi connectivity index (χ3n) is 3.70. The van der Waals surface area contributed by atoms with Crippen molar-refractivity contribution in [2.24, 2.45) is 0 Å². The van der Waals surface area contributed by atoms with Crippen molar-refractivity contribution in [3.63, 3.8) is 0 Å².